The number of nitrogens with one attached hydrogen (secondary N) is 1. The second-order valence-electron chi connectivity index (χ2n) is 7.97. The number of hydrogen-bond acceptors (Lipinski definition) is 8. The first-order valence-electron chi connectivity index (χ1n) is 10.4. The fourth-order valence-corrected chi connectivity index (χ4v) is 3.57. The number of carbonyl (C=O) groups is 4. The molecule has 178 valence electrons. The van der Waals surface area contributed by atoms with Gasteiger partial charge in [-0.25, -0.2) is 4.79 Å². The summed E-state index contributed by atoms with van der Waals surface area (Å²) in [6.07, 6.45) is 0.143. The first-order valence-corrected chi connectivity index (χ1v) is 10.4. The number of anilines is 1. The number of nitro benzene ring substituents is 1. The van der Waals surface area contributed by atoms with Gasteiger partial charge in [-0.1, -0.05) is 26.0 Å². The minimum Gasteiger partial charge on any atom is -0.495 e. The Kier molecular flexibility index (Phi) is 7.24. The molecule has 2 aromatic carbocycles. The van der Waals surface area contributed by atoms with Gasteiger partial charge in [0, 0.05) is 12.1 Å². The molecule has 3 amide bonds. The monoisotopic (exact) mass is 469 g/mol. The molecule has 0 spiro atoms. The second-order valence-corrected chi connectivity index (χ2v) is 7.97. The lowest BCUT2D eigenvalue weighted by Crippen LogP contribution is -2.46. The highest BCUT2D eigenvalue weighted by atomic mass is 16.6. The molecule has 11 nitrogen and oxygen atoms in total. The van der Waals surface area contributed by atoms with Crippen LogP contribution in [0.4, 0.5) is 11.4 Å². The Balaban J connectivity index is 1.72. The fraction of sp³-hybridized carbons (Fsp3) is 0.304. The number of esters is 1. The predicted octanol–water partition coefficient (Wildman–Crippen LogP) is 2.80. The van der Waals surface area contributed by atoms with E-state index in [2.05, 4.69) is 5.32 Å². The van der Waals surface area contributed by atoms with Crippen molar-refractivity contribution in [2.24, 2.45) is 5.92 Å². The third kappa shape index (κ3) is 5.03. The summed E-state index contributed by atoms with van der Waals surface area (Å²) in [4.78, 5) is 62.1. The lowest BCUT2D eigenvalue weighted by molar-refractivity contribution is -0.384. The van der Waals surface area contributed by atoms with Gasteiger partial charge in [0.15, 0.2) is 6.61 Å². The summed E-state index contributed by atoms with van der Waals surface area (Å²) in [6, 6.07) is 8.69. The van der Waals surface area contributed by atoms with E-state index < -0.39 is 41.3 Å². The van der Waals surface area contributed by atoms with E-state index in [0.29, 0.717) is 0 Å². The minimum atomic E-state index is -1.22. The molecular formula is C23H23N3O8. The summed E-state index contributed by atoms with van der Waals surface area (Å²) in [5, 5.41) is 13.4. The van der Waals surface area contributed by atoms with Crippen LogP contribution in [0.15, 0.2) is 42.5 Å². The van der Waals surface area contributed by atoms with Crippen molar-refractivity contribution in [2.75, 3.05) is 19.0 Å². The number of carbonyl (C=O) groups excluding carboxylic acids is 4. The van der Waals surface area contributed by atoms with Gasteiger partial charge in [-0.05, 0) is 30.5 Å². The number of rotatable bonds is 9. The molecule has 11 heteroatoms. The van der Waals surface area contributed by atoms with E-state index in [-0.39, 0.29) is 40.6 Å². The summed E-state index contributed by atoms with van der Waals surface area (Å²) >= 11 is 0. The SMILES string of the molecule is COc1ccc([N+](=O)[O-])cc1NC(=O)COC(=O)C(CC(C)C)N1C(=O)c2ccccc2C1=O. The molecule has 1 unspecified atom stereocenters. The van der Waals surface area contributed by atoms with Crippen molar-refractivity contribution in [2.45, 2.75) is 26.3 Å². The van der Waals surface area contributed by atoms with Crippen molar-refractivity contribution in [3.8, 4) is 5.75 Å². The maximum atomic E-state index is 12.9. The molecule has 0 aromatic heterocycles. The first kappa shape index (κ1) is 24.4. The van der Waals surface area contributed by atoms with Crippen LogP contribution in [-0.4, -0.2) is 53.3 Å². The zero-order valence-corrected chi connectivity index (χ0v) is 18.8. The molecule has 1 aliphatic heterocycles. The number of amides is 3. The van der Waals surface area contributed by atoms with Gasteiger partial charge in [-0.15, -0.1) is 0 Å². The van der Waals surface area contributed by atoms with Gasteiger partial charge >= 0.3 is 5.97 Å². The number of hydrogen-bond donors (Lipinski definition) is 1. The Labute approximate surface area is 194 Å². The second kappa shape index (κ2) is 10.1. The van der Waals surface area contributed by atoms with E-state index in [1.165, 1.54) is 31.4 Å². The zero-order valence-electron chi connectivity index (χ0n) is 18.8. The Hall–Kier alpha value is -4.28. The van der Waals surface area contributed by atoms with Crippen molar-refractivity contribution in [1.82, 2.24) is 4.90 Å². The molecule has 2 aromatic rings. The van der Waals surface area contributed by atoms with Crippen molar-refractivity contribution in [3.05, 3.63) is 63.7 Å². The molecule has 0 fully saturated rings. The van der Waals surface area contributed by atoms with Gasteiger partial charge in [0.2, 0.25) is 0 Å². The van der Waals surface area contributed by atoms with Crippen molar-refractivity contribution >= 4 is 35.1 Å². The molecule has 0 saturated carbocycles. The Morgan fingerprint density at radius 2 is 1.71 bits per heavy atom. The maximum Gasteiger partial charge on any atom is 0.329 e. The van der Waals surface area contributed by atoms with Crippen LogP contribution >= 0.6 is 0 Å². The highest BCUT2D eigenvalue weighted by molar-refractivity contribution is 6.22. The van der Waals surface area contributed by atoms with Crippen molar-refractivity contribution < 1.29 is 33.6 Å². The number of imide groups is 1. The van der Waals surface area contributed by atoms with Crippen LogP contribution in [0.1, 0.15) is 41.0 Å². The lowest BCUT2D eigenvalue weighted by atomic mass is 10.0. The summed E-state index contributed by atoms with van der Waals surface area (Å²) in [7, 11) is 1.33. The molecule has 3 rings (SSSR count). The van der Waals surface area contributed by atoms with E-state index in [4.69, 9.17) is 9.47 Å². The van der Waals surface area contributed by atoms with Crippen LogP contribution in [0.3, 0.4) is 0 Å². The van der Waals surface area contributed by atoms with Gasteiger partial charge in [0.05, 0.1) is 28.8 Å². The van der Waals surface area contributed by atoms with Crippen LogP contribution in [0.25, 0.3) is 0 Å². The normalized spacial score (nSPS) is 13.5. The number of methoxy groups -OCH3 is 1. The Morgan fingerprint density at radius 1 is 1.09 bits per heavy atom. The standard InChI is InChI=1S/C23H23N3O8/c1-13(2)10-18(25-21(28)15-6-4-5-7-16(15)22(25)29)23(30)34-12-20(27)24-17-11-14(26(31)32)8-9-19(17)33-3/h4-9,11,13,18H,10,12H2,1-3H3,(H,24,27). The van der Waals surface area contributed by atoms with E-state index >= 15 is 0 Å². The van der Waals surface area contributed by atoms with E-state index in [1.807, 2.05) is 13.8 Å². The van der Waals surface area contributed by atoms with Crippen LogP contribution in [0.2, 0.25) is 0 Å². The summed E-state index contributed by atoms with van der Waals surface area (Å²) < 4.78 is 10.2. The third-order valence-electron chi connectivity index (χ3n) is 5.12. The summed E-state index contributed by atoms with van der Waals surface area (Å²) in [6.45, 7) is 2.90. The minimum absolute atomic E-state index is 0.0248. The molecular weight excluding hydrogens is 446 g/mol. The fourth-order valence-electron chi connectivity index (χ4n) is 3.57. The largest absolute Gasteiger partial charge is 0.495 e. The maximum absolute atomic E-state index is 12.9. The van der Waals surface area contributed by atoms with E-state index in [9.17, 15) is 29.3 Å². The molecule has 1 heterocycles. The number of nitro groups is 1. The van der Waals surface area contributed by atoms with Crippen LogP contribution < -0.4 is 10.1 Å². The number of benzene rings is 2. The summed E-state index contributed by atoms with van der Waals surface area (Å²) in [5.74, 6) is -2.79. The Bertz CT molecular complexity index is 1130. The highest BCUT2D eigenvalue weighted by Gasteiger charge is 2.43. The lowest BCUT2D eigenvalue weighted by Gasteiger charge is -2.25. The molecule has 0 bridgehead atoms. The topological polar surface area (TPSA) is 145 Å². The number of ether oxygens (including phenoxy) is 2. The third-order valence-corrected chi connectivity index (χ3v) is 5.12. The summed E-state index contributed by atoms with van der Waals surface area (Å²) in [5.41, 5.74) is 0.154. The average Bonchev–Trinajstić information content (AvgIpc) is 3.05. The molecule has 0 saturated heterocycles. The number of fused-ring (bicyclic) bond motifs is 1. The smallest absolute Gasteiger partial charge is 0.329 e. The predicted molar refractivity (Wildman–Crippen MR) is 119 cm³/mol. The van der Waals surface area contributed by atoms with Gasteiger partial charge < -0.3 is 14.8 Å². The van der Waals surface area contributed by atoms with Crippen LogP contribution in [0, 0.1) is 16.0 Å². The average molecular weight is 469 g/mol. The molecule has 0 aliphatic carbocycles. The first-order chi connectivity index (χ1) is 16.1. The molecule has 1 aliphatic rings. The zero-order chi connectivity index (χ0) is 25.0. The van der Waals surface area contributed by atoms with Gasteiger partial charge in [-0.3, -0.25) is 29.4 Å². The van der Waals surface area contributed by atoms with Gasteiger partial charge in [-0.2, -0.15) is 0 Å². The Morgan fingerprint density at radius 3 is 2.24 bits per heavy atom. The molecule has 0 radical (unpaired) electrons. The van der Waals surface area contributed by atoms with Gasteiger partial charge in [0.25, 0.3) is 23.4 Å². The van der Waals surface area contributed by atoms with E-state index in [1.54, 1.807) is 12.1 Å². The van der Waals surface area contributed by atoms with Crippen LogP contribution in [-0.2, 0) is 14.3 Å². The molecule has 1 N–H and O–H groups in total. The van der Waals surface area contributed by atoms with Crippen molar-refractivity contribution in [1.29, 1.82) is 0 Å². The van der Waals surface area contributed by atoms with Crippen molar-refractivity contribution in [3.63, 3.8) is 0 Å². The highest BCUT2D eigenvalue weighted by Crippen LogP contribution is 2.29. The van der Waals surface area contributed by atoms with E-state index in [0.717, 1.165) is 11.0 Å². The number of non-ortho nitro benzene ring substituents is 1. The van der Waals surface area contributed by atoms with Gasteiger partial charge in [0.1, 0.15) is 11.8 Å². The number of nitrogens with zero attached hydrogens (tertiary/aromatic N) is 2. The molecule has 34 heavy (non-hydrogen) atoms. The molecule has 1 atom stereocenters. The quantitative estimate of drug-likeness (QED) is 0.255. The van der Waals surface area contributed by atoms with Crippen LogP contribution in [0.5, 0.6) is 5.75 Å².